The quantitative estimate of drug-likeness (QED) is 0.681. The first-order valence-electron chi connectivity index (χ1n) is 9.41. The monoisotopic (exact) mass is 379 g/mol. The van der Waals surface area contributed by atoms with Crippen LogP contribution in [0.5, 0.6) is 0 Å². The fourth-order valence-electron chi connectivity index (χ4n) is 3.17. The number of carbonyl (C=O) groups excluding carboxylic acids is 1. The van der Waals surface area contributed by atoms with E-state index in [4.69, 9.17) is 0 Å². The van der Waals surface area contributed by atoms with Crippen LogP contribution in [0.15, 0.2) is 42.6 Å². The number of aliphatic carboxylic acids is 1. The van der Waals surface area contributed by atoms with Crippen molar-refractivity contribution in [3.8, 4) is 11.3 Å². The Morgan fingerprint density at radius 1 is 1.11 bits per heavy atom. The van der Waals surface area contributed by atoms with Crippen LogP contribution in [0.25, 0.3) is 16.9 Å². The van der Waals surface area contributed by atoms with Crippen LogP contribution >= 0.6 is 0 Å². The summed E-state index contributed by atoms with van der Waals surface area (Å²) in [6, 6.07) is 10.6. The van der Waals surface area contributed by atoms with Gasteiger partial charge in [-0.1, -0.05) is 56.2 Å². The number of carboxylic acids is 1. The summed E-state index contributed by atoms with van der Waals surface area (Å²) in [7, 11) is 0. The molecule has 1 aromatic carbocycles. The largest absolute Gasteiger partial charge is 0.480 e. The van der Waals surface area contributed by atoms with E-state index in [1.54, 1.807) is 4.40 Å². The van der Waals surface area contributed by atoms with Gasteiger partial charge in [-0.3, -0.25) is 9.20 Å². The number of pyridine rings is 1. The Morgan fingerprint density at radius 3 is 2.36 bits per heavy atom. The minimum atomic E-state index is -1.04. The first-order valence-corrected chi connectivity index (χ1v) is 9.41. The number of aryl methyl sites for hydroxylation is 2. The second-order valence-corrected chi connectivity index (χ2v) is 7.28. The maximum absolute atomic E-state index is 13.2. The molecule has 0 bridgehead atoms. The summed E-state index contributed by atoms with van der Waals surface area (Å²) in [5, 5.41) is 12.3. The molecule has 146 valence electrons. The number of carboxylic acid groups (broad SMARTS) is 1. The van der Waals surface area contributed by atoms with Crippen molar-refractivity contribution in [2.75, 3.05) is 0 Å². The zero-order chi connectivity index (χ0) is 20.4. The van der Waals surface area contributed by atoms with Gasteiger partial charge in [0.05, 0.1) is 0 Å². The highest BCUT2D eigenvalue weighted by molar-refractivity contribution is 6.01. The first kappa shape index (κ1) is 19.6. The van der Waals surface area contributed by atoms with Crippen LogP contribution in [0, 0.1) is 19.8 Å². The van der Waals surface area contributed by atoms with E-state index < -0.39 is 17.9 Å². The van der Waals surface area contributed by atoms with E-state index in [0.717, 1.165) is 16.7 Å². The molecule has 2 unspecified atom stereocenters. The molecule has 0 radical (unpaired) electrons. The molecule has 3 rings (SSSR count). The van der Waals surface area contributed by atoms with Crippen LogP contribution in [0.1, 0.15) is 41.9 Å². The Bertz CT molecular complexity index is 1020. The molecule has 6 heteroatoms. The Kier molecular flexibility index (Phi) is 5.49. The van der Waals surface area contributed by atoms with E-state index in [2.05, 4.69) is 10.3 Å². The number of imidazole rings is 1. The summed E-state index contributed by atoms with van der Waals surface area (Å²) < 4.78 is 1.73. The third-order valence-corrected chi connectivity index (χ3v) is 5.07. The van der Waals surface area contributed by atoms with E-state index in [1.165, 1.54) is 0 Å². The lowest BCUT2D eigenvalue weighted by Crippen LogP contribution is -2.45. The predicted octanol–water partition coefficient (Wildman–Crippen LogP) is 3.85. The van der Waals surface area contributed by atoms with Crippen molar-refractivity contribution in [1.29, 1.82) is 0 Å². The van der Waals surface area contributed by atoms with E-state index in [9.17, 15) is 14.7 Å². The van der Waals surface area contributed by atoms with Crippen LogP contribution in [0.3, 0.4) is 0 Å². The highest BCUT2D eigenvalue weighted by Gasteiger charge is 2.29. The number of rotatable bonds is 6. The summed E-state index contributed by atoms with van der Waals surface area (Å²) in [5.74, 6) is -1.67. The molecular weight excluding hydrogens is 354 g/mol. The SMILES string of the molecule is CCC(C)C(NC(=O)c1c(-c2ccc(C)cc2)nc2ccc(C)cn12)C(=O)O. The number of hydrogen-bond donors (Lipinski definition) is 2. The number of hydrogen-bond acceptors (Lipinski definition) is 3. The van der Waals surface area contributed by atoms with Gasteiger partial charge in [-0.05, 0) is 31.4 Å². The molecule has 2 N–H and O–H groups in total. The normalized spacial score (nSPS) is 13.3. The lowest BCUT2D eigenvalue weighted by molar-refractivity contribution is -0.140. The van der Waals surface area contributed by atoms with E-state index >= 15 is 0 Å². The van der Waals surface area contributed by atoms with Crippen molar-refractivity contribution in [2.45, 2.75) is 40.2 Å². The lowest BCUT2D eigenvalue weighted by Gasteiger charge is -2.20. The summed E-state index contributed by atoms with van der Waals surface area (Å²) in [5.41, 5.74) is 4.42. The number of benzene rings is 1. The Morgan fingerprint density at radius 2 is 1.75 bits per heavy atom. The molecule has 0 aliphatic carbocycles. The Labute approximate surface area is 164 Å². The molecule has 28 heavy (non-hydrogen) atoms. The van der Waals surface area contributed by atoms with Gasteiger partial charge in [-0.25, -0.2) is 9.78 Å². The highest BCUT2D eigenvalue weighted by Crippen LogP contribution is 2.26. The average molecular weight is 379 g/mol. The Hall–Kier alpha value is -3.15. The van der Waals surface area contributed by atoms with Gasteiger partial charge in [0.1, 0.15) is 23.1 Å². The number of nitrogens with one attached hydrogen (secondary N) is 1. The van der Waals surface area contributed by atoms with Crippen molar-refractivity contribution < 1.29 is 14.7 Å². The van der Waals surface area contributed by atoms with Gasteiger partial charge in [-0.15, -0.1) is 0 Å². The maximum Gasteiger partial charge on any atom is 0.326 e. The molecule has 0 aliphatic heterocycles. The molecule has 1 amide bonds. The smallest absolute Gasteiger partial charge is 0.326 e. The standard InChI is InChI=1S/C22H25N3O3/c1-5-15(4)18(22(27)28)24-21(26)20-19(16-9-6-13(2)7-10-16)23-17-11-8-14(3)12-25(17)20/h6-12,15,18H,5H2,1-4H3,(H,24,26)(H,27,28). The predicted molar refractivity (Wildman–Crippen MR) is 108 cm³/mol. The summed E-state index contributed by atoms with van der Waals surface area (Å²) in [6.07, 6.45) is 2.49. The second-order valence-electron chi connectivity index (χ2n) is 7.28. The van der Waals surface area contributed by atoms with Gasteiger partial charge in [0, 0.05) is 11.8 Å². The van der Waals surface area contributed by atoms with Crippen LogP contribution < -0.4 is 5.32 Å². The van der Waals surface area contributed by atoms with Gasteiger partial charge < -0.3 is 10.4 Å². The average Bonchev–Trinajstić information content (AvgIpc) is 3.04. The summed E-state index contributed by atoms with van der Waals surface area (Å²) >= 11 is 0. The van der Waals surface area contributed by atoms with Crippen molar-refractivity contribution in [2.24, 2.45) is 5.92 Å². The molecule has 2 aromatic heterocycles. The third-order valence-electron chi connectivity index (χ3n) is 5.07. The lowest BCUT2D eigenvalue weighted by atomic mass is 9.99. The van der Waals surface area contributed by atoms with Gasteiger partial charge in [0.2, 0.25) is 0 Å². The zero-order valence-electron chi connectivity index (χ0n) is 16.6. The minimum Gasteiger partial charge on any atom is -0.480 e. The first-order chi connectivity index (χ1) is 13.3. The maximum atomic E-state index is 13.2. The van der Waals surface area contributed by atoms with Crippen LogP contribution in [0.2, 0.25) is 0 Å². The van der Waals surface area contributed by atoms with E-state index in [1.807, 2.05) is 70.3 Å². The summed E-state index contributed by atoms with van der Waals surface area (Å²) in [4.78, 5) is 29.5. The molecule has 0 spiro atoms. The fraction of sp³-hybridized carbons (Fsp3) is 0.318. The van der Waals surface area contributed by atoms with E-state index in [0.29, 0.717) is 23.5 Å². The summed E-state index contributed by atoms with van der Waals surface area (Å²) in [6.45, 7) is 7.65. The molecule has 0 aliphatic rings. The minimum absolute atomic E-state index is 0.190. The highest BCUT2D eigenvalue weighted by atomic mass is 16.4. The molecule has 2 heterocycles. The van der Waals surface area contributed by atoms with Crippen LogP contribution in [-0.2, 0) is 4.79 Å². The fourth-order valence-corrected chi connectivity index (χ4v) is 3.17. The molecule has 0 saturated carbocycles. The van der Waals surface area contributed by atoms with Crippen LogP contribution in [0.4, 0.5) is 0 Å². The van der Waals surface area contributed by atoms with Gasteiger partial charge in [-0.2, -0.15) is 0 Å². The van der Waals surface area contributed by atoms with Gasteiger partial charge in [0.15, 0.2) is 0 Å². The molecule has 3 aromatic rings. The van der Waals surface area contributed by atoms with Crippen molar-refractivity contribution in [1.82, 2.24) is 14.7 Å². The van der Waals surface area contributed by atoms with Crippen molar-refractivity contribution in [3.05, 3.63) is 59.4 Å². The van der Waals surface area contributed by atoms with Gasteiger partial charge in [0.25, 0.3) is 5.91 Å². The molecule has 0 saturated heterocycles. The van der Waals surface area contributed by atoms with Crippen molar-refractivity contribution >= 4 is 17.5 Å². The van der Waals surface area contributed by atoms with E-state index in [-0.39, 0.29) is 5.92 Å². The molecule has 0 fully saturated rings. The Balaban J connectivity index is 2.13. The number of amides is 1. The molecular formula is C22H25N3O3. The molecule has 2 atom stereocenters. The number of nitrogens with zero attached hydrogens (tertiary/aromatic N) is 2. The van der Waals surface area contributed by atoms with Crippen LogP contribution in [-0.4, -0.2) is 32.4 Å². The topological polar surface area (TPSA) is 83.7 Å². The molecule has 6 nitrogen and oxygen atoms in total. The second kappa shape index (κ2) is 7.84. The number of aromatic nitrogens is 2. The third kappa shape index (κ3) is 3.76. The number of fused-ring (bicyclic) bond motifs is 1. The number of carbonyl (C=O) groups is 2. The van der Waals surface area contributed by atoms with Gasteiger partial charge >= 0.3 is 5.97 Å². The van der Waals surface area contributed by atoms with Crippen molar-refractivity contribution in [3.63, 3.8) is 0 Å². The zero-order valence-corrected chi connectivity index (χ0v) is 16.6.